The van der Waals surface area contributed by atoms with E-state index >= 15 is 0 Å². The molecule has 0 bridgehead atoms. The van der Waals surface area contributed by atoms with Gasteiger partial charge in [0.15, 0.2) is 11.4 Å². The Morgan fingerprint density at radius 2 is 1.64 bits per heavy atom. The van der Waals surface area contributed by atoms with Gasteiger partial charge in [0, 0.05) is 28.0 Å². The van der Waals surface area contributed by atoms with Gasteiger partial charge in [-0.25, -0.2) is 4.57 Å². The Morgan fingerprint density at radius 3 is 2.10 bits per heavy atom. The quantitative estimate of drug-likeness (QED) is 0.157. The molecule has 1 amide bonds. The second-order valence-electron chi connectivity index (χ2n) is 9.59. The summed E-state index contributed by atoms with van der Waals surface area (Å²) in [5.41, 5.74) is -1.21. The molecule has 4 rings (SSSR count). The molecule has 0 heterocycles. The molecular weight excluding hydrogens is 586 g/mol. The van der Waals surface area contributed by atoms with Crippen LogP contribution in [0.2, 0.25) is 5.02 Å². The van der Waals surface area contributed by atoms with Gasteiger partial charge in [0.05, 0.1) is 17.2 Å². The number of carbonyl (C=O) groups is 3. The highest BCUT2D eigenvalue weighted by Crippen LogP contribution is 2.57. The first-order chi connectivity index (χ1) is 17.2. The molecule has 17 heteroatoms. The van der Waals surface area contributed by atoms with Crippen molar-refractivity contribution in [2.24, 2.45) is 17.6 Å². The number of hydrogen-bond donors (Lipinski definition) is 9. The van der Waals surface area contributed by atoms with Gasteiger partial charge in [-0.2, -0.15) is 0 Å². The summed E-state index contributed by atoms with van der Waals surface area (Å²) in [4.78, 5) is 61.6. The van der Waals surface area contributed by atoms with Crippen LogP contribution in [0.1, 0.15) is 29.3 Å². The number of ketones is 2. The number of nitrogens with zero attached hydrogens (tertiary/aromatic N) is 1. The zero-order valence-corrected chi connectivity index (χ0v) is 23.0. The highest BCUT2D eigenvalue weighted by Gasteiger charge is 2.65. The van der Waals surface area contributed by atoms with E-state index in [1.165, 1.54) is 32.0 Å². The number of aromatic hydroxyl groups is 1. The third-order valence-electron chi connectivity index (χ3n) is 7.07. The number of carbonyl (C=O) groups excluding carboxylic acids is 3. The Kier molecular flexibility index (Phi) is 8.77. The maximum Gasteiger partial charge on any atom is 0.466 e. The molecular formula is C22H27Cl2N2O12P. The van der Waals surface area contributed by atoms with Crippen LogP contribution in [-0.2, 0) is 19.8 Å². The fraction of sp³-hybridized carbons (Fsp3) is 0.409. The minimum atomic E-state index is -4.64. The molecule has 0 saturated heterocycles. The second-order valence-corrected chi connectivity index (χ2v) is 11.0. The Balaban J connectivity index is 0.000000816. The van der Waals surface area contributed by atoms with Gasteiger partial charge in [-0.3, -0.25) is 19.3 Å². The van der Waals surface area contributed by atoms with E-state index in [9.17, 15) is 39.9 Å². The number of amides is 1. The zero-order chi connectivity index (χ0) is 29.3. The average molecular weight is 613 g/mol. The smallest absolute Gasteiger partial charge is 0.466 e. The molecule has 1 aromatic rings. The fourth-order valence-electron chi connectivity index (χ4n) is 5.59. The lowest BCUT2D eigenvalue weighted by molar-refractivity contribution is -0.151. The first-order valence-electron chi connectivity index (χ1n) is 10.9. The number of Topliss-reactive ketones (excluding diaryl/α,β-unsaturated/α-hetero) is 2. The van der Waals surface area contributed by atoms with Gasteiger partial charge in [-0.05, 0) is 39.6 Å². The predicted octanol–water partition coefficient (Wildman–Crippen LogP) is -0.0678. The van der Waals surface area contributed by atoms with E-state index in [2.05, 4.69) is 0 Å². The Bertz CT molecular complexity index is 1360. The SMILES string of the molecule is CN(C)[C@@H]1C(O)=C(C(N)=O)C(=O)[C@@]2(O)C(O)=C3C(=O)c4c(O)ccc(Cl)c4[C@@](C)(O)[C@H]3C[C@@H]12.Cl.O=P(O)(O)O. The first-order valence-corrected chi connectivity index (χ1v) is 12.8. The van der Waals surface area contributed by atoms with E-state index in [1.54, 1.807) is 0 Å². The molecule has 3 aliphatic rings. The number of halogens is 2. The maximum atomic E-state index is 13.4. The van der Waals surface area contributed by atoms with Crippen LogP contribution < -0.4 is 5.73 Å². The zero-order valence-electron chi connectivity index (χ0n) is 20.6. The molecule has 0 radical (unpaired) electrons. The molecule has 1 aromatic carbocycles. The molecule has 216 valence electrons. The number of aliphatic hydroxyl groups is 4. The lowest BCUT2D eigenvalue weighted by atomic mass is 9.55. The lowest BCUT2D eigenvalue weighted by Crippen LogP contribution is -2.65. The summed E-state index contributed by atoms with van der Waals surface area (Å²) in [5.74, 6) is -8.29. The second kappa shape index (κ2) is 10.5. The highest BCUT2D eigenvalue weighted by molar-refractivity contribution is 7.45. The molecule has 0 fully saturated rings. The highest BCUT2D eigenvalue weighted by atomic mass is 35.5. The Labute approximate surface area is 232 Å². The van der Waals surface area contributed by atoms with Crippen molar-refractivity contribution in [3.8, 4) is 5.75 Å². The van der Waals surface area contributed by atoms with Crippen LogP contribution in [0.3, 0.4) is 0 Å². The molecule has 0 aliphatic heterocycles. The van der Waals surface area contributed by atoms with E-state index in [4.69, 9.17) is 36.6 Å². The van der Waals surface area contributed by atoms with E-state index in [0.29, 0.717) is 0 Å². The van der Waals surface area contributed by atoms with Gasteiger partial charge in [-0.1, -0.05) is 11.6 Å². The van der Waals surface area contributed by atoms with Crippen LogP contribution in [0, 0.1) is 11.8 Å². The number of benzene rings is 1. The molecule has 10 N–H and O–H groups in total. The molecule has 0 aromatic heterocycles. The summed E-state index contributed by atoms with van der Waals surface area (Å²) in [5, 5.41) is 55.3. The summed E-state index contributed by atoms with van der Waals surface area (Å²) >= 11 is 6.26. The standard InChI is InChI=1S/C22H23ClN2O8.ClH.H3O4P/c1-21(32)7-6-8-15(25(2)3)17(28)13(20(24)31)19(30)22(8,33)18(29)11(7)16(27)12-10(26)5-4-9(23)14(12)21;;1-5(2,3)4/h4-5,7-8,15,26,28-29,32-33H,6H2,1-3H3,(H2,24,31);1H;(H3,1,2,3,4)/t7-,8-,15-,21-,22-;;/m0../s1. The average Bonchev–Trinajstić information content (AvgIpc) is 2.74. The van der Waals surface area contributed by atoms with Crippen molar-refractivity contribution < 1.29 is 59.2 Å². The summed E-state index contributed by atoms with van der Waals surface area (Å²) in [6, 6.07) is 1.30. The van der Waals surface area contributed by atoms with E-state index in [1.807, 2.05) is 0 Å². The number of phosphoric acid groups is 1. The summed E-state index contributed by atoms with van der Waals surface area (Å²) in [6.45, 7) is 1.34. The van der Waals surface area contributed by atoms with Crippen molar-refractivity contribution in [2.75, 3.05) is 14.1 Å². The molecule has 0 spiro atoms. The first kappa shape index (κ1) is 32.7. The predicted molar refractivity (Wildman–Crippen MR) is 136 cm³/mol. The van der Waals surface area contributed by atoms with Crippen LogP contribution in [-0.4, -0.2) is 88.3 Å². The van der Waals surface area contributed by atoms with Crippen LogP contribution in [0.25, 0.3) is 0 Å². The van der Waals surface area contributed by atoms with Crippen LogP contribution >= 0.6 is 31.8 Å². The number of phenolic OH excluding ortho intramolecular Hbond substituents is 1. The molecule has 0 saturated carbocycles. The normalized spacial score (nSPS) is 30.1. The number of aliphatic hydroxyl groups excluding tert-OH is 2. The van der Waals surface area contributed by atoms with Crippen LogP contribution in [0.4, 0.5) is 0 Å². The Morgan fingerprint density at radius 1 is 1.13 bits per heavy atom. The van der Waals surface area contributed by atoms with Crippen molar-refractivity contribution >= 4 is 49.3 Å². The number of primary amides is 1. The van der Waals surface area contributed by atoms with Gasteiger partial charge in [0.25, 0.3) is 5.91 Å². The Hall–Kier alpha value is -2.52. The van der Waals surface area contributed by atoms with Crippen molar-refractivity contribution in [2.45, 2.75) is 30.6 Å². The van der Waals surface area contributed by atoms with E-state index in [-0.39, 0.29) is 35.0 Å². The van der Waals surface area contributed by atoms with Gasteiger partial charge < -0.3 is 45.9 Å². The van der Waals surface area contributed by atoms with Crippen molar-refractivity contribution in [1.82, 2.24) is 4.90 Å². The molecule has 3 aliphatic carbocycles. The largest absolute Gasteiger partial charge is 0.510 e. The number of nitrogens with two attached hydrogens (primary N) is 1. The molecule has 5 atom stereocenters. The van der Waals surface area contributed by atoms with Gasteiger partial charge in [0.2, 0.25) is 5.78 Å². The summed E-state index contributed by atoms with van der Waals surface area (Å²) in [6.07, 6.45) is -0.259. The lowest BCUT2D eigenvalue weighted by Gasteiger charge is -2.52. The molecule has 14 nitrogen and oxygen atoms in total. The number of hydrogen-bond acceptors (Lipinski definition) is 10. The van der Waals surface area contributed by atoms with E-state index < -0.39 is 82.8 Å². The molecule has 39 heavy (non-hydrogen) atoms. The minimum absolute atomic E-state index is 0. The van der Waals surface area contributed by atoms with Gasteiger partial charge in [0.1, 0.15) is 22.8 Å². The minimum Gasteiger partial charge on any atom is -0.510 e. The molecule has 0 unspecified atom stereocenters. The van der Waals surface area contributed by atoms with Crippen molar-refractivity contribution in [3.63, 3.8) is 0 Å². The topological polar surface area (TPSA) is 259 Å². The van der Waals surface area contributed by atoms with E-state index in [0.717, 1.165) is 6.07 Å². The summed E-state index contributed by atoms with van der Waals surface area (Å²) in [7, 11) is -1.61. The third kappa shape index (κ3) is 5.08. The fourth-order valence-corrected chi connectivity index (χ4v) is 5.93. The third-order valence-corrected chi connectivity index (χ3v) is 7.39. The number of likely N-dealkylation sites (N-methyl/N-ethyl adjacent to an activating group) is 1. The number of rotatable bonds is 2. The van der Waals surface area contributed by atoms with Gasteiger partial charge >= 0.3 is 7.82 Å². The van der Waals surface area contributed by atoms with Gasteiger partial charge in [-0.15, -0.1) is 12.4 Å². The number of fused-ring (bicyclic) bond motifs is 3. The number of phenols is 1. The van der Waals surface area contributed by atoms with Crippen molar-refractivity contribution in [3.05, 3.63) is 50.9 Å². The van der Waals surface area contributed by atoms with Crippen molar-refractivity contribution in [1.29, 1.82) is 0 Å². The maximum absolute atomic E-state index is 13.4. The monoisotopic (exact) mass is 612 g/mol. The van der Waals surface area contributed by atoms with Crippen LogP contribution in [0.5, 0.6) is 5.75 Å². The summed E-state index contributed by atoms with van der Waals surface area (Å²) < 4.78 is 8.88. The van der Waals surface area contributed by atoms with Crippen LogP contribution in [0.15, 0.2) is 34.8 Å².